The summed E-state index contributed by atoms with van der Waals surface area (Å²) < 4.78 is 50.4. The summed E-state index contributed by atoms with van der Waals surface area (Å²) in [5.41, 5.74) is 1.96. The van der Waals surface area contributed by atoms with E-state index in [0.717, 1.165) is 24.1 Å². The van der Waals surface area contributed by atoms with Crippen LogP contribution >= 0.6 is 0 Å². The van der Waals surface area contributed by atoms with E-state index in [4.69, 9.17) is 4.74 Å². The molecule has 0 unspecified atom stereocenters. The van der Waals surface area contributed by atoms with E-state index >= 15 is 0 Å². The van der Waals surface area contributed by atoms with Crippen LogP contribution in [0.3, 0.4) is 0 Å². The van der Waals surface area contributed by atoms with Crippen LogP contribution in [0.25, 0.3) is 11.4 Å². The van der Waals surface area contributed by atoms with Gasteiger partial charge in [0.15, 0.2) is 12.7 Å². The van der Waals surface area contributed by atoms with Crippen molar-refractivity contribution in [3.05, 3.63) is 53.5 Å². The molecule has 0 radical (unpaired) electrons. The first-order valence-corrected chi connectivity index (χ1v) is 8.48. The monoisotopic (exact) mass is 378 g/mol. The second-order valence-corrected chi connectivity index (χ2v) is 6.19. The molecule has 0 amide bonds. The number of aromatic nitrogens is 3. The van der Waals surface area contributed by atoms with Crippen LogP contribution in [0.2, 0.25) is 0 Å². The fourth-order valence-electron chi connectivity index (χ4n) is 2.78. The lowest BCUT2D eigenvalue weighted by molar-refractivity contribution is -0.700. The Hall–Kier alpha value is -2.90. The lowest BCUT2D eigenvalue weighted by Gasteiger charge is -2.12. The molecule has 0 saturated heterocycles. The Morgan fingerprint density at radius 1 is 1.15 bits per heavy atom. The van der Waals surface area contributed by atoms with Gasteiger partial charge < -0.3 is 9.26 Å². The van der Waals surface area contributed by atoms with Gasteiger partial charge in [-0.05, 0) is 43.2 Å². The summed E-state index contributed by atoms with van der Waals surface area (Å²) in [5.74, 6) is -0.134. The molecule has 2 heterocycles. The molecule has 27 heavy (non-hydrogen) atoms. The van der Waals surface area contributed by atoms with Crippen molar-refractivity contribution in [1.82, 2.24) is 10.1 Å². The standard InChI is InChI=1S/C19H19F3N3O2/c1-4-8-25-9-6-5-7-15(25)26-16-12(2)10-14(11-13(16)3)17-23-18(27-24-17)19(20,21)22/h5-7,9-11H,4,8H2,1-3H3/q+1. The number of nitrogens with zero attached hydrogens (tertiary/aromatic N) is 3. The minimum absolute atomic E-state index is 0.110. The fraction of sp³-hybridized carbons (Fsp3) is 0.316. The van der Waals surface area contributed by atoms with Gasteiger partial charge in [-0.3, -0.25) is 0 Å². The van der Waals surface area contributed by atoms with Crippen molar-refractivity contribution >= 4 is 0 Å². The van der Waals surface area contributed by atoms with Gasteiger partial charge in [0.1, 0.15) is 5.75 Å². The van der Waals surface area contributed by atoms with E-state index in [1.807, 2.05) is 42.8 Å². The molecule has 0 aliphatic carbocycles. The van der Waals surface area contributed by atoms with Crippen molar-refractivity contribution in [1.29, 1.82) is 0 Å². The highest BCUT2D eigenvalue weighted by atomic mass is 19.4. The van der Waals surface area contributed by atoms with Crippen LogP contribution in [0.1, 0.15) is 30.4 Å². The van der Waals surface area contributed by atoms with E-state index in [9.17, 15) is 13.2 Å². The predicted octanol–water partition coefficient (Wildman–Crippen LogP) is 4.86. The molecule has 0 saturated carbocycles. The lowest BCUT2D eigenvalue weighted by Crippen LogP contribution is -2.34. The number of rotatable bonds is 5. The normalized spacial score (nSPS) is 11.6. The van der Waals surface area contributed by atoms with Crippen molar-refractivity contribution in [3.63, 3.8) is 0 Å². The number of halogens is 3. The van der Waals surface area contributed by atoms with E-state index < -0.39 is 12.1 Å². The molecule has 2 aromatic heterocycles. The Bertz CT molecular complexity index is 928. The van der Waals surface area contributed by atoms with Gasteiger partial charge in [-0.15, -0.1) is 0 Å². The van der Waals surface area contributed by atoms with Gasteiger partial charge >= 0.3 is 17.9 Å². The topological polar surface area (TPSA) is 52.0 Å². The van der Waals surface area contributed by atoms with Crippen molar-refractivity contribution < 1.29 is 27.0 Å². The minimum Gasteiger partial charge on any atom is -0.405 e. The summed E-state index contributed by atoms with van der Waals surface area (Å²) >= 11 is 0. The molecule has 3 rings (SSSR count). The van der Waals surface area contributed by atoms with E-state index in [0.29, 0.717) is 17.2 Å². The highest BCUT2D eigenvalue weighted by Crippen LogP contribution is 2.33. The summed E-state index contributed by atoms with van der Waals surface area (Å²) in [6, 6.07) is 9.05. The van der Waals surface area contributed by atoms with Crippen LogP contribution in [0.15, 0.2) is 41.1 Å². The van der Waals surface area contributed by atoms with E-state index in [1.165, 1.54) is 0 Å². The van der Waals surface area contributed by atoms with Crippen LogP contribution in [-0.4, -0.2) is 10.1 Å². The van der Waals surface area contributed by atoms with E-state index in [1.54, 1.807) is 12.1 Å². The molecule has 5 nitrogen and oxygen atoms in total. The number of benzene rings is 1. The number of pyridine rings is 1. The van der Waals surface area contributed by atoms with Crippen LogP contribution in [0.4, 0.5) is 13.2 Å². The van der Waals surface area contributed by atoms with Crippen LogP contribution in [0.5, 0.6) is 11.6 Å². The summed E-state index contributed by atoms with van der Waals surface area (Å²) in [4.78, 5) is 3.44. The molecule has 0 aliphatic heterocycles. The third-order valence-electron chi connectivity index (χ3n) is 3.96. The van der Waals surface area contributed by atoms with E-state index in [2.05, 4.69) is 21.6 Å². The molecule has 142 valence electrons. The average Bonchev–Trinajstić information content (AvgIpc) is 3.10. The van der Waals surface area contributed by atoms with Crippen LogP contribution in [-0.2, 0) is 12.7 Å². The quantitative estimate of drug-likeness (QED) is 0.595. The van der Waals surface area contributed by atoms with Gasteiger partial charge in [0.05, 0.1) is 6.07 Å². The molecule has 0 aliphatic rings. The Balaban J connectivity index is 1.93. The zero-order valence-corrected chi connectivity index (χ0v) is 15.2. The fourth-order valence-corrected chi connectivity index (χ4v) is 2.78. The Labute approximate surface area is 154 Å². The zero-order valence-electron chi connectivity index (χ0n) is 15.2. The summed E-state index contributed by atoms with van der Waals surface area (Å²) in [6.45, 7) is 6.54. The maximum atomic E-state index is 12.7. The predicted molar refractivity (Wildman–Crippen MR) is 91.2 cm³/mol. The van der Waals surface area contributed by atoms with Gasteiger partial charge in [-0.2, -0.15) is 22.7 Å². The molecule has 1 aromatic carbocycles. The average molecular weight is 378 g/mol. The van der Waals surface area contributed by atoms with Gasteiger partial charge in [-0.1, -0.05) is 12.1 Å². The maximum absolute atomic E-state index is 12.7. The SMILES string of the molecule is CCC[n+]1ccccc1Oc1c(C)cc(-c2noc(C(F)(F)F)n2)cc1C. The Morgan fingerprint density at radius 2 is 1.85 bits per heavy atom. The maximum Gasteiger partial charge on any atom is 0.471 e. The van der Waals surface area contributed by atoms with E-state index in [-0.39, 0.29) is 5.82 Å². The number of hydrogen-bond acceptors (Lipinski definition) is 4. The minimum atomic E-state index is -4.67. The Morgan fingerprint density at radius 3 is 2.44 bits per heavy atom. The second-order valence-electron chi connectivity index (χ2n) is 6.19. The van der Waals surface area contributed by atoms with Gasteiger partial charge in [0.25, 0.3) is 0 Å². The van der Waals surface area contributed by atoms with Crippen molar-refractivity contribution in [2.75, 3.05) is 0 Å². The summed E-state index contributed by atoms with van der Waals surface area (Å²) in [6.07, 6.45) is -1.77. The number of ether oxygens (including phenoxy) is 1. The number of alkyl halides is 3. The number of aryl methyl sites for hydroxylation is 3. The number of hydrogen-bond donors (Lipinski definition) is 0. The smallest absolute Gasteiger partial charge is 0.405 e. The van der Waals surface area contributed by atoms with Crippen molar-refractivity contribution in [2.45, 2.75) is 39.9 Å². The molecule has 0 N–H and O–H groups in total. The highest BCUT2D eigenvalue weighted by molar-refractivity contribution is 5.61. The third-order valence-corrected chi connectivity index (χ3v) is 3.96. The van der Waals surface area contributed by atoms with Gasteiger partial charge in [-0.25, -0.2) is 0 Å². The zero-order chi connectivity index (χ0) is 19.6. The molecule has 0 fully saturated rings. The molecule has 0 bridgehead atoms. The lowest BCUT2D eigenvalue weighted by atomic mass is 10.1. The van der Waals surface area contributed by atoms with Crippen LogP contribution in [0, 0.1) is 13.8 Å². The largest absolute Gasteiger partial charge is 0.471 e. The first-order chi connectivity index (χ1) is 12.8. The molecule has 0 spiro atoms. The van der Waals surface area contributed by atoms with Gasteiger partial charge in [0, 0.05) is 18.1 Å². The summed E-state index contributed by atoms with van der Waals surface area (Å²) in [5, 5.41) is 3.44. The molecule has 0 atom stereocenters. The molecule has 8 heteroatoms. The summed E-state index contributed by atoms with van der Waals surface area (Å²) in [7, 11) is 0. The van der Waals surface area contributed by atoms with Crippen molar-refractivity contribution in [2.24, 2.45) is 0 Å². The molecular formula is C19H19F3N3O2+. The highest BCUT2D eigenvalue weighted by Gasteiger charge is 2.38. The van der Waals surface area contributed by atoms with Crippen molar-refractivity contribution in [3.8, 4) is 23.0 Å². The first-order valence-electron chi connectivity index (χ1n) is 8.48. The van der Waals surface area contributed by atoms with Crippen LogP contribution < -0.4 is 9.30 Å². The molecular weight excluding hydrogens is 359 g/mol. The van der Waals surface area contributed by atoms with Gasteiger partial charge in [0.2, 0.25) is 5.82 Å². The third kappa shape index (κ3) is 4.10. The second kappa shape index (κ2) is 7.38. The first kappa shape index (κ1) is 18.9. The Kier molecular flexibility index (Phi) is 5.16. The molecule has 3 aromatic rings.